The number of carbonyl (C=O) groups is 2. The summed E-state index contributed by atoms with van der Waals surface area (Å²) in [5.41, 5.74) is 0.848. The number of aliphatic hydroxyl groups is 3. The van der Waals surface area contributed by atoms with Crippen molar-refractivity contribution in [3.05, 3.63) is 40.7 Å². The van der Waals surface area contributed by atoms with E-state index >= 15 is 0 Å². The highest BCUT2D eigenvalue weighted by Crippen LogP contribution is 2.64. The predicted octanol–water partition coefficient (Wildman–Crippen LogP) is -0.113. The van der Waals surface area contributed by atoms with E-state index in [1.165, 1.54) is 6.92 Å². The summed E-state index contributed by atoms with van der Waals surface area (Å²) >= 11 is 0. The molecule has 33 heavy (non-hydrogen) atoms. The molecule has 4 N–H and O–H groups in total. The van der Waals surface area contributed by atoms with Crippen LogP contribution in [0.15, 0.2) is 24.0 Å². The van der Waals surface area contributed by atoms with Gasteiger partial charge in [-0.3, -0.25) is 9.59 Å². The van der Waals surface area contributed by atoms with Gasteiger partial charge in [0.05, 0.1) is 24.0 Å². The van der Waals surface area contributed by atoms with Gasteiger partial charge in [0.15, 0.2) is 6.10 Å². The fourth-order valence-electron chi connectivity index (χ4n) is 6.25. The summed E-state index contributed by atoms with van der Waals surface area (Å²) in [4.78, 5) is 26.3. The number of likely N-dealkylation sites (N-methyl/N-ethyl adjacent to an activating group) is 1. The van der Waals surface area contributed by atoms with E-state index in [4.69, 9.17) is 9.47 Å². The summed E-state index contributed by atoms with van der Waals surface area (Å²) < 4.78 is 12.1. The summed E-state index contributed by atoms with van der Waals surface area (Å²) in [5.74, 6) is -0.129. The highest BCUT2D eigenvalue weighted by molar-refractivity contribution is 5.80. The average Bonchev–Trinajstić information content (AvgIpc) is 3.13. The number of esters is 1. The molecule has 2 heterocycles. The Hall–Kier alpha value is -2.46. The first-order valence-corrected chi connectivity index (χ1v) is 11.4. The molecule has 178 valence electrons. The molecule has 2 bridgehead atoms. The molecular formula is C24H30N2O7. The van der Waals surface area contributed by atoms with Crippen LogP contribution in [0.5, 0.6) is 5.75 Å². The number of aliphatic hydroxyl groups excluding tert-OH is 2. The third-order valence-electron chi connectivity index (χ3n) is 7.87. The largest absolute Gasteiger partial charge is 0.481 e. The van der Waals surface area contributed by atoms with Crippen LogP contribution < -0.4 is 10.1 Å². The highest BCUT2D eigenvalue weighted by atomic mass is 16.6. The smallest absolute Gasteiger partial charge is 0.312 e. The van der Waals surface area contributed by atoms with Crippen LogP contribution in [0.4, 0.5) is 0 Å². The number of hydrogen-bond donors (Lipinski definition) is 4. The molecule has 1 saturated heterocycles. The second-order valence-corrected chi connectivity index (χ2v) is 9.59. The first kappa shape index (κ1) is 22.3. The van der Waals surface area contributed by atoms with Crippen LogP contribution in [0.3, 0.4) is 0 Å². The minimum atomic E-state index is -1.15. The molecule has 1 spiro atoms. The number of benzene rings is 1. The minimum absolute atomic E-state index is 0.0440. The van der Waals surface area contributed by atoms with Crippen LogP contribution in [0.25, 0.3) is 0 Å². The van der Waals surface area contributed by atoms with E-state index in [-0.39, 0.29) is 25.6 Å². The van der Waals surface area contributed by atoms with Gasteiger partial charge in [-0.2, -0.15) is 0 Å². The third-order valence-corrected chi connectivity index (χ3v) is 7.87. The van der Waals surface area contributed by atoms with Crippen LogP contribution in [0.2, 0.25) is 0 Å². The van der Waals surface area contributed by atoms with Crippen molar-refractivity contribution < 1.29 is 34.4 Å². The molecule has 1 aromatic rings. The lowest BCUT2D eigenvalue weighted by molar-refractivity contribution is -0.169. The van der Waals surface area contributed by atoms with Crippen molar-refractivity contribution in [2.24, 2.45) is 0 Å². The Balaban J connectivity index is 1.47. The standard InChI is InChI=1S/C24H30N2O7/c1-13(28)22(30)25-9-6-18(29)32-16-5-7-24(31)17-11-14-3-4-15(12-27)20-19(14)23(24,21(16)33-20)8-10-26(17)2/h3-5,13,17,21,27-28,31H,6-12H2,1-2H3,(H,25,30)/t13-,17+,21-,23-,24+/m0/s1. The molecule has 5 atom stereocenters. The van der Waals surface area contributed by atoms with E-state index in [0.29, 0.717) is 36.3 Å². The van der Waals surface area contributed by atoms with Gasteiger partial charge < -0.3 is 35.0 Å². The van der Waals surface area contributed by atoms with Gasteiger partial charge in [-0.15, -0.1) is 0 Å². The molecule has 0 aromatic heterocycles. The second kappa shape index (κ2) is 7.80. The Morgan fingerprint density at radius 1 is 1.39 bits per heavy atom. The van der Waals surface area contributed by atoms with E-state index in [1.54, 1.807) is 6.08 Å². The van der Waals surface area contributed by atoms with Gasteiger partial charge in [0.1, 0.15) is 17.6 Å². The molecule has 9 heteroatoms. The minimum Gasteiger partial charge on any atom is -0.481 e. The molecule has 1 aromatic carbocycles. The zero-order chi connectivity index (χ0) is 23.5. The normalized spacial score (nSPS) is 32.3. The maximum Gasteiger partial charge on any atom is 0.312 e. The van der Waals surface area contributed by atoms with Crippen LogP contribution in [0, 0.1) is 0 Å². The van der Waals surface area contributed by atoms with E-state index in [1.807, 2.05) is 19.2 Å². The molecule has 9 nitrogen and oxygen atoms in total. The van der Waals surface area contributed by atoms with E-state index in [2.05, 4.69) is 10.2 Å². The highest BCUT2D eigenvalue weighted by Gasteiger charge is 2.71. The SMILES string of the molecule is C[C@H](O)C(=O)NCCC(=O)OC1=CC[C@@]2(O)[C@H]3Cc4ccc(CO)c5c4[C@@]2(CCN3C)[C@H]1O5. The number of amides is 1. The molecule has 5 rings (SSSR count). The number of rotatable bonds is 6. The van der Waals surface area contributed by atoms with Crippen LogP contribution in [0.1, 0.15) is 42.9 Å². The van der Waals surface area contributed by atoms with Gasteiger partial charge in [-0.1, -0.05) is 12.1 Å². The predicted molar refractivity (Wildman–Crippen MR) is 116 cm³/mol. The summed E-state index contributed by atoms with van der Waals surface area (Å²) in [6, 6.07) is 3.78. The molecule has 1 fully saturated rings. The fraction of sp³-hybridized carbons (Fsp3) is 0.583. The lowest BCUT2D eigenvalue weighted by atomic mass is 9.50. The number of piperidine rings is 1. The van der Waals surface area contributed by atoms with Crippen molar-refractivity contribution in [1.82, 2.24) is 10.2 Å². The van der Waals surface area contributed by atoms with Crippen molar-refractivity contribution in [1.29, 1.82) is 0 Å². The topological polar surface area (TPSA) is 129 Å². The second-order valence-electron chi connectivity index (χ2n) is 9.59. The molecule has 0 saturated carbocycles. The Kier molecular flexibility index (Phi) is 5.28. The summed E-state index contributed by atoms with van der Waals surface area (Å²) in [6.07, 6.45) is 1.50. The molecule has 2 aliphatic heterocycles. The van der Waals surface area contributed by atoms with Crippen LogP contribution >= 0.6 is 0 Å². The molecule has 1 amide bonds. The fourth-order valence-corrected chi connectivity index (χ4v) is 6.25. The lowest BCUT2D eigenvalue weighted by Crippen LogP contribution is -2.74. The molecular weight excluding hydrogens is 428 g/mol. The van der Waals surface area contributed by atoms with Gasteiger partial charge in [0.2, 0.25) is 5.91 Å². The van der Waals surface area contributed by atoms with Crippen molar-refractivity contribution in [2.45, 2.75) is 68.5 Å². The van der Waals surface area contributed by atoms with Crippen molar-refractivity contribution in [3.63, 3.8) is 0 Å². The summed E-state index contributed by atoms with van der Waals surface area (Å²) in [5, 5.41) is 33.8. The summed E-state index contributed by atoms with van der Waals surface area (Å²) in [6.45, 7) is 1.98. The van der Waals surface area contributed by atoms with Crippen LogP contribution in [-0.4, -0.2) is 76.1 Å². The Bertz CT molecular complexity index is 1040. The van der Waals surface area contributed by atoms with E-state index in [9.17, 15) is 24.9 Å². The average molecular weight is 459 g/mol. The van der Waals surface area contributed by atoms with Gasteiger partial charge >= 0.3 is 5.97 Å². The van der Waals surface area contributed by atoms with Gasteiger partial charge in [0, 0.05) is 30.1 Å². The monoisotopic (exact) mass is 458 g/mol. The zero-order valence-electron chi connectivity index (χ0n) is 18.8. The zero-order valence-corrected chi connectivity index (χ0v) is 18.8. The maximum absolute atomic E-state index is 12.6. The Morgan fingerprint density at radius 2 is 2.18 bits per heavy atom. The number of carbonyl (C=O) groups excluding carboxylic acids is 2. The Morgan fingerprint density at radius 3 is 2.91 bits per heavy atom. The molecule has 0 unspecified atom stereocenters. The maximum atomic E-state index is 12.6. The number of ether oxygens (including phenoxy) is 2. The molecule has 0 radical (unpaired) electrons. The van der Waals surface area contributed by atoms with Crippen molar-refractivity contribution in [2.75, 3.05) is 20.1 Å². The van der Waals surface area contributed by atoms with E-state index in [0.717, 1.165) is 17.7 Å². The van der Waals surface area contributed by atoms with E-state index < -0.39 is 35.1 Å². The molecule has 2 aliphatic carbocycles. The van der Waals surface area contributed by atoms with Gasteiger partial charge in [0.25, 0.3) is 0 Å². The van der Waals surface area contributed by atoms with Crippen molar-refractivity contribution in [3.8, 4) is 5.75 Å². The van der Waals surface area contributed by atoms with Gasteiger partial charge in [-0.05, 0) is 45.0 Å². The quantitative estimate of drug-likeness (QED) is 0.435. The van der Waals surface area contributed by atoms with Crippen LogP contribution in [-0.2, 0) is 32.8 Å². The third kappa shape index (κ3) is 3.06. The Labute approximate surface area is 192 Å². The summed E-state index contributed by atoms with van der Waals surface area (Å²) in [7, 11) is 2.02. The molecule has 4 aliphatic rings. The number of likely N-dealkylation sites (tertiary alicyclic amines) is 1. The number of nitrogens with one attached hydrogen (secondary N) is 1. The first-order chi connectivity index (χ1) is 15.7. The number of nitrogens with zero attached hydrogens (tertiary/aromatic N) is 1. The van der Waals surface area contributed by atoms with Gasteiger partial charge in [-0.25, -0.2) is 0 Å². The lowest BCUT2D eigenvalue weighted by Gasteiger charge is -2.61. The first-order valence-electron chi connectivity index (χ1n) is 11.4. The number of hydrogen-bond acceptors (Lipinski definition) is 8. The van der Waals surface area contributed by atoms with Crippen molar-refractivity contribution >= 4 is 11.9 Å².